The average Bonchev–Trinajstić information content (AvgIpc) is 2.97. The third-order valence-corrected chi connectivity index (χ3v) is 3.30. The molecular weight excluding hydrogens is 301 g/mol. The van der Waals surface area contributed by atoms with Gasteiger partial charge in [0.15, 0.2) is 5.65 Å². The van der Waals surface area contributed by atoms with Gasteiger partial charge in [0.05, 0.1) is 17.3 Å². The maximum atomic E-state index is 13.0. The van der Waals surface area contributed by atoms with E-state index in [0.29, 0.717) is 35.5 Å². The molecule has 0 unspecified atom stereocenters. The van der Waals surface area contributed by atoms with Gasteiger partial charge in [-0.05, 0) is 30.7 Å². The van der Waals surface area contributed by atoms with Crippen LogP contribution in [-0.2, 0) is 4.79 Å². The lowest BCUT2D eigenvalue weighted by Gasteiger charge is -2.06. The molecule has 0 fully saturated rings. The van der Waals surface area contributed by atoms with Gasteiger partial charge in [-0.2, -0.15) is 5.10 Å². The third kappa shape index (κ3) is 3.25. The van der Waals surface area contributed by atoms with Crippen LogP contribution in [0.1, 0.15) is 12.8 Å². The van der Waals surface area contributed by atoms with Crippen LogP contribution in [0.3, 0.4) is 0 Å². The summed E-state index contributed by atoms with van der Waals surface area (Å²) in [5.41, 5.74) is 1.28. The number of hydrogen-bond acceptors (Lipinski definition) is 5. The van der Waals surface area contributed by atoms with Gasteiger partial charge in [-0.25, -0.2) is 19.0 Å². The van der Waals surface area contributed by atoms with Crippen LogP contribution in [0.15, 0.2) is 36.8 Å². The molecule has 0 bridgehead atoms. The number of nitrogens with zero attached hydrogens (tertiary/aromatic N) is 4. The second kappa shape index (κ2) is 6.39. The van der Waals surface area contributed by atoms with Crippen molar-refractivity contribution < 1.29 is 14.3 Å². The Morgan fingerprint density at radius 2 is 2.04 bits per heavy atom. The zero-order valence-corrected chi connectivity index (χ0v) is 12.1. The van der Waals surface area contributed by atoms with Crippen molar-refractivity contribution >= 4 is 22.8 Å². The number of fused-ring (bicyclic) bond motifs is 1. The van der Waals surface area contributed by atoms with Crippen molar-refractivity contribution in [2.24, 2.45) is 0 Å². The summed E-state index contributed by atoms with van der Waals surface area (Å²) in [5.74, 6) is -0.557. The summed E-state index contributed by atoms with van der Waals surface area (Å²) in [6.45, 7) is 0.486. The van der Waals surface area contributed by atoms with E-state index >= 15 is 0 Å². The van der Waals surface area contributed by atoms with Crippen molar-refractivity contribution in [3.63, 3.8) is 0 Å². The van der Waals surface area contributed by atoms with Crippen molar-refractivity contribution in [1.82, 2.24) is 19.7 Å². The molecule has 0 aliphatic carbocycles. The molecule has 23 heavy (non-hydrogen) atoms. The highest BCUT2D eigenvalue weighted by Gasteiger charge is 2.11. The zero-order valence-electron chi connectivity index (χ0n) is 12.1. The van der Waals surface area contributed by atoms with Gasteiger partial charge in [0.1, 0.15) is 18.0 Å². The Kier molecular flexibility index (Phi) is 4.13. The van der Waals surface area contributed by atoms with Gasteiger partial charge >= 0.3 is 5.97 Å². The largest absolute Gasteiger partial charge is 0.481 e. The minimum Gasteiger partial charge on any atom is -0.481 e. The van der Waals surface area contributed by atoms with Crippen LogP contribution in [0, 0.1) is 5.82 Å². The standard InChI is InChI=1S/C15H14FN5O2/c16-10-3-5-11(6-4-10)21-15-12(8-20-21)14(18-9-19-15)17-7-1-2-13(22)23/h3-6,8-9H,1-2,7H2,(H,22,23)(H,17,18,19). The zero-order chi connectivity index (χ0) is 16.2. The number of aromatic nitrogens is 4. The number of halogens is 1. The van der Waals surface area contributed by atoms with E-state index in [1.54, 1.807) is 23.0 Å². The predicted molar refractivity (Wildman–Crippen MR) is 82.0 cm³/mol. The third-order valence-electron chi connectivity index (χ3n) is 3.30. The second-order valence-corrected chi connectivity index (χ2v) is 4.92. The summed E-state index contributed by atoms with van der Waals surface area (Å²) in [7, 11) is 0. The Labute approximate surface area is 130 Å². The molecule has 0 atom stereocenters. The SMILES string of the molecule is O=C(O)CCCNc1ncnc2c1cnn2-c1ccc(F)cc1. The molecule has 0 saturated heterocycles. The number of benzene rings is 1. The number of carboxylic acids is 1. The van der Waals surface area contributed by atoms with Gasteiger partial charge in [0.25, 0.3) is 0 Å². The maximum Gasteiger partial charge on any atom is 0.303 e. The van der Waals surface area contributed by atoms with E-state index in [-0.39, 0.29) is 12.2 Å². The van der Waals surface area contributed by atoms with Crippen molar-refractivity contribution in [3.8, 4) is 5.69 Å². The summed E-state index contributed by atoms with van der Waals surface area (Å²) >= 11 is 0. The lowest BCUT2D eigenvalue weighted by Crippen LogP contribution is -2.07. The maximum absolute atomic E-state index is 13.0. The molecule has 7 nitrogen and oxygen atoms in total. The highest BCUT2D eigenvalue weighted by atomic mass is 19.1. The Balaban J connectivity index is 1.85. The summed E-state index contributed by atoms with van der Waals surface area (Å²) in [5, 5.41) is 16.7. The predicted octanol–water partition coefficient (Wildman–Crippen LogP) is 2.23. The van der Waals surface area contributed by atoms with Crippen molar-refractivity contribution in [2.75, 3.05) is 11.9 Å². The molecule has 2 N–H and O–H groups in total. The molecule has 0 aliphatic heterocycles. The average molecular weight is 315 g/mol. The number of carbonyl (C=O) groups is 1. The quantitative estimate of drug-likeness (QED) is 0.678. The Bertz CT molecular complexity index is 832. The van der Waals surface area contributed by atoms with Crippen molar-refractivity contribution in [3.05, 3.63) is 42.6 Å². The van der Waals surface area contributed by atoms with E-state index in [9.17, 15) is 9.18 Å². The summed E-state index contributed by atoms with van der Waals surface area (Å²) in [6, 6.07) is 5.94. The summed E-state index contributed by atoms with van der Waals surface area (Å²) < 4.78 is 14.6. The van der Waals surface area contributed by atoms with Gasteiger partial charge in [0, 0.05) is 13.0 Å². The van der Waals surface area contributed by atoms with Crippen LogP contribution >= 0.6 is 0 Å². The topological polar surface area (TPSA) is 92.9 Å². The molecule has 2 aromatic heterocycles. The lowest BCUT2D eigenvalue weighted by atomic mass is 10.3. The fraction of sp³-hybridized carbons (Fsp3) is 0.200. The van der Waals surface area contributed by atoms with Gasteiger partial charge in [-0.3, -0.25) is 4.79 Å². The summed E-state index contributed by atoms with van der Waals surface area (Å²) in [4.78, 5) is 18.9. The highest BCUT2D eigenvalue weighted by Crippen LogP contribution is 2.21. The number of carboxylic acid groups (broad SMARTS) is 1. The fourth-order valence-electron chi connectivity index (χ4n) is 2.20. The number of rotatable bonds is 6. The molecule has 3 aromatic rings. The van der Waals surface area contributed by atoms with Crippen LogP contribution < -0.4 is 5.32 Å². The first-order valence-corrected chi connectivity index (χ1v) is 7.05. The number of nitrogens with one attached hydrogen (secondary N) is 1. The number of hydrogen-bond donors (Lipinski definition) is 2. The van der Waals surface area contributed by atoms with Crippen molar-refractivity contribution in [1.29, 1.82) is 0 Å². The van der Waals surface area contributed by atoms with E-state index in [0.717, 1.165) is 0 Å². The molecule has 0 saturated carbocycles. The fourth-order valence-corrected chi connectivity index (χ4v) is 2.20. The molecule has 118 valence electrons. The van der Waals surface area contributed by atoms with Gasteiger partial charge < -0.3 is 10.4 Å². The van der Waals surface area contributed by atoms with Gasteiger partial charge in [0.2, 0.25) is 0 Å². The minimum atomic E-state index is -0.830. The van der Waals surface area contributed by atoms with Crippen LogP contribution in [0.2, 0.25) is 0 Å². The highest BCUT2D eigenvalue weighted by molar-refractivity contribution is 5.87. The molecule has 8 heteroatoms. The molecule has 0 amide bonds. The van der Waals surface area contributed by atoms with Crippen molar-refractivity contribution in [2.45, 2.75) is 12.8 Å². The monoisotopic (exact) mass is 315 g/mol. The van der Waals surface area contributed by atoms with Gasteiger partial charge in [-0.1, -0.05) is 0 Å². The molecule has 3 rings (SSSR count). The van der Waals surface area contributed by atoms with E-state index in [1.165, 1.54) is 18.5 Å². The second-order valence-electron chi connectivity index (χ2n) is 4.92. The number of anilines is 1. The Morgan fingerprint density at radius 1 is 1.26 bits per heavy atom. The smallest absolute Gasteiger partial charge is 0.303 e. The van der Waals surface area contributed by atoms with E-state index < -0.39 is 5.97 Å². The summed E-state index contributed by atoms with van der Waals surface area (Å²) in [6.07, 6.45) is 3.62. The minimum absolute atomic E-state index is 0.0933. The van der Waals surface area contributed by atoms with E-state index in [4.69, 9.17) is 5.11 Å². The molecule has 2 heterocycles. The molecule has 0 aliphatic rings. The molecular formula is C15H14FN5O2. The Hall–Kier alpha value is -3.03. The molecule has 1 aromatic carbocycles. The molecule has 0 spiro atoms. The van der Waals surface area contributed by atoms with Crippen LogP contribution in [0.4, 0.5) is 10.2 Å². The van der Waals surface area contributed by atoms with Crippen LogP contribution in [0.5, 0.6) is 0 Å². The first-order chi connectivity index (χ1) is 11.1. The Morgan fingerprint density at radius 3 is 2.78 bits per heavy atom. The van der Waals surface area contributed by atoms with Crippen LogP contribution in [-0.4, -0.2) is 37.4 Å². The molecule has 0 radical (unpaired) electrons. The number of aliphatic carboxylic acids is 1. The normalized spacial score (nSPS) is 10.8. The van der Waals surface area contributed by atoms with Gasteiger partial charge in [-0.15, -0.1) is 0 Å². The lowest BCUT2D eigenvalue weighted by molar-refractivity contribution is -0.137. The van der Waals surface area contributed by atoms with E-state index in [2.05, 4.69) is 20.4 Å². The first kappa shape index (κ1) is 14.9. The van der Waals surface area contributed by atoms with Crippen LogP contribution in [0.25, 0.3) is 16.7 Å². The van der Waals surface area contributed by atoms with E-state index in [1.807, 2.05) is 0 Å². The first-order valence-electron chi connectivity index (χ1n) is 7.05.